The fourth-order valence-corrected chi connectivity index (χ4v) is 2.00. The summed E-state index contributed by atoms with van der Waals surface area (Å²) < 4.78 is 0. The van der Waals surface area contributed by atoms with Crippen LogP contribution in [0.1, 0.15) is 12.5 Å². The predicted molar refractivity (Wildman–Crippen MR) is 64.8 cm³/mol. The maximum atomic E-state index is 11.8. The van der Waals surface area contributed by atoms with Crippen molar-refractivity contribution in [2.45, 2.75) is 13.5 Å². The molecule has 94 valence electrons. The van der Waals surface area contributed by atoms with Crippen LogP contribution in [0.4, 0.5) is 4.79 Å². The average molecular weight is 267 g/mol. The van der Waals surface area contributed by atoms with Crippen LogP contribution < -0.4 is 0 Å². The SMILES string of the molecule is CCN1C(=O)C(=O)N(Cc2cccc(Cl)c2)C1=O. The Morgan fingerprint density at radius 1 is 1.11 bits per heavy atom. The largest absolute Gasteiger partial charge is 0.334 e. The van der Waals surface area contributed by atoms with Gasteiger partial charge in [0.15, 0.2) is 0 Å². The zero-order valence-corrected chi connectivity index (χ0v) is 10.5. The molecule has 4 amide bonds. The van der Waals surface area contributed by atoms with Gasteiger partial charge in [0.05, 0.1) is 6.54 Å². The molecule has 0 N–H and O–H groups in total. The summed E-state index contributed by atoms with van der Waals surface area (Å²) in [6.45, 7) is 1.89. The fourth-order valence-electron chi connectivity index (χ4n) is 1.79. The molecule has 0 saturated carbocycles. The summed E-state index contributed by atoms with van der Waals surface area (Å²) in [6, 6.07) is 6.24. The number of carbonyl (C=O) groups is 3. The summed E-state index contributed by atoms with van der Waals surface area (Å²) in [7, 11) is 0. The van der Waals surface area contributed by atoms with Gasteiger partial charge < -0.3 is 0 Å². The third-order valence-electron chi connectivity index (χ3n) is 2.68. The van der Waals surface area contributed by atoms with Crippen molar-refractivity contribution in [3.63, 3.8) is 0 Å². The Morgan fingerprint density at radius 2 is 1.78 bits per heavy atom. The number of imide groups is 2. The summed E-state index contributed by atoms with van der Waals surface area (Å²) >= 11 is 5.82. The van der Waals surface area contributed by atoms with Gasteiger partial charge in [-0.1, -0.05) is 23.7 Å². The van der Waals surface area contributed by atoms with E-state index in [1.165, 1.54) is 0 Å². The van der Waals surface area contributed by atoms with Gasteiger partial charge in [-0.05, 0) is 24.6 Å². The first kappa shape index (κ1) is 12.6. The lowest BCUT2D eigenvalue weighted by Crippen LogP contribution is -2.32. The molecule has 0 radical (unpaired) electrons. The first-order valence-electron chi connectivity index (χ1n) is 5.46. The highest BCUT2D eigenvalue weighted by molar-refractivity contribution is 6.44. The number of urea groups is 1. The smallest absolute Gasteiger partial charge is 0.263 e. The molecule has 18 heavy (non-hydrogen) atoms. The second kappa shape index (κ2) is 4.78. The highest BCUT2D eigenvalue weighted by Gasteiger charge is 2.43. The molecule has 0 aromatic heterocycles. The predicted octanol–water partition coefficient (Wildman–Crippen LogP) is 1.65. The molecule has 1 saturated heterocycles. The lowest BCUT2D eigenvalue weighted by atomic mass is 10.2. The molecule has 1 fully saturated rings. The molecule has 0 atom stereocenters. The number of carbonyl (C=O) groups excluding carboxylic acids is 3. The van der Waals surface area contributed by atoms with E-state index in [4.69, 9.17) is 11.6 Å². The van der Waals surface area contributed by atoms with Crippen molar-refractivity contribution in [1.82, 2.24) is 9.80 Å². The van der Waals surface area contributed by atoms with Crippen LogP contribution in [0.25, 0.3) is 0 Å². The summed E-state index contributed by atoms with van der Waals surface area (Å²) in [5.41, 5.74) is 0.704. The minimum Gasteiger partial charge on any atom is -0.263 e. The summed E-state index contributed by atoms with van der Waals surface area (Å²) in [6.07, 6.45) is 0. The van der Waals surface area contributed by atoms with E-state index < -0.39 is 17.8 Å². The van der Waals surface area contributed by atoms with E-state index in [9.17, 15) is 14.4 Å². The maximum absolute atomic E-state index is 11.8. The fraction of sp³-hybridized carbons (Fsp3) is 0.250. The number of amides is 4. The Kier molecular flexibility index (Phi) is 3.34. The molecule has 2 rings (SSSR count). The quantitative estimate of drug-likeness (QED) is 0.617. The van der Waals surface area contributed by atoms with Crippen LogP contribution in [0.5, 0.6) is 0 Å². The lowest BCUT2D eigenvalue weighted by Gasteiger charge is -2.14. The maximum Gasteiger partial charge on any atom is 0.334 e. The molecule has 6 heteroatoms. The van der Waals surface area contributed by atoms with Crippen LogP contribution in [-0.4, -0.2) is 34.2 Å². The molecule has 0 aliphatic carbocycles. The molecule has 0 spiro atoms. The second-order valence-electron chi connectivity index (χ2n) is 3.85. The van der Waals surface area contributed by atoms with Crippen LogP contribution in [0.15, 0.2) is 24.3 Å². The van der Waals surface area contributed by atoms with Gasteiger partial charge in [0.25, 0.3) is 0 Å². The van der Waals surface area contributed by atoms with E-state index >= 15 is 0 Å². The topological polar surface area (TPSA) is 57.7 Å². The van der Waals surface area contributed by atoms with E-state index in [0.29, 0.717) is 10.6 Å². The molecule has 0 bridgehead atoms. The Labute approximate surface area is 109 Å². The van der Waals surface area contributed by atoms with Crippen LogP contribution >= 0.6 is 11.6 Å². The third-order valence-corrected chi connectivity index (χ3v) is 2.92. The summed E-state index contributed by atoms with van der Waals surface area (Å²) in [5.74, 6) is -1.56. The Balaban J connectivity index is 2.22. The number of nitrogens with zero attached hydrogens (tertiary/aromatic N) is 2. The van der Waals surface area contributed by atoms with Gasteiger partial charge in [0, 0.05) is 11.6 Å². The molecule has 0 unspecified atom stereocenters. The molecule has 1 aromatic rings. The van der Waals surface area contributed by atoms with Crippen molar-refractivity contribution in [2.75, 3.05) is 6.54 Å². The number of hydrogen-bond donors (Lipinski definition) is 0. The van der Waals surface area contributed by atoms with Crippen LogP contribution in [-0.2, 0) is 16.1 Å². The van der Waals surface area contributed by atoms with Gasteiger partial charge in [-0.25, -0.2) is 4.79 Å². The molecular formula is C12H11ClN2O3. The first-order chi connectivity index (χ1) is 8.54. The second-order valence-corrected chi connectivity index (χ2v) is 4.29. The number of rotatable bonds is 3. The van der Waals surface area contributed by atoms with Gasteiger partial charge >= 0.3 is 17.8 Å². The van der Waals surface area contributed by atoms with E-state index in [1.807, 2.05) is 0 Å². The molecule has 1 aliphatic rings. The minimum atomic E-state index is -0.790. The highest BCUT2D eigenvalue weighted by Crippen LogP contribution is 2.17. The van der Waals surface area contributed by atoms with Gasteiger partial charge in [-0.15, -0.1) is 0 Å². The first-order valence-corrected chi connectivity index (χ1v) is 5.84. The standard InChI is InChI=1S/C12H11ClN2O3/c1-2-14-10(16)11(17)15(12(14)18)7-8-4-3-5-9(13)6-8/h3-6H,2,7H2,1H3. The summed E-state index contributed by atoms with van der Waals surface area (Å²) in [4.78, 5) is 36.8. The zero-order valence-electron chi connectivity index (χ0n) is 9.72. The van der Waals surface area contributed by atoms with Crippen molar-refractivity contribution >= 4 is 29.4 Å². The van der Waals surface area contributed by atoms with Crippen molar-refractivity contribution in [3.8, 4) is 0 Å². The van der Waals surface area contributed by atoms with Crippen molar-refractivity contribution < 1.29 is 14.4 Å². The number of benzene rings is 1. The molecular weight excluding hydrogens is 256 g/mol. The third kappa shape index (κ3) is 2.09. The number of hydrogen-bond acceptors (Lipinski definition) is 3. The van der Waals surface area contributed by atoms with Gasteiger partial charge in [0.2, 0.25) is 0 Å². The van der Waals surface area contributed by atoms with E-state index in [-0.39, 0.29) is 13.1 Å². The normalized spacial score (nSPS) is 15.8. The van der Waals surface area contributed by atoms with Crippen LogP contribution in [0.3, 0.4) is 0 Å². The van der Waals surface area contributed by atoms with Crippen molar-refractivity contribution in [2.24, 2.45) is 0 Å². The molecule has 1 aromatic carbocycles. The van der Waals surface area contributed by atoms with Crippen molar-refractivity contribution in [3.05, 3.63) is 34.9 Å². The molecule has 5 nitrogen and oxygen atoms in total. The number of likely N-dealkylation sites (N-methyl/N-ethyl adjacent to an activating group) is 1. The van der Waals surface area contributed by atoms with Gasteiger partial charge in [-0.3, -0.25) is 19.4 Å². The lowest BCUT2D eigenvalue weighted by molar-refractivity contribution is -0.143. The summed E-state index contributed by atoms with van der Waals surface area (Å²) in [5, 5.41) is 0.519. The Bertz CT molecular complexity index is 530. The van der Waals surface area contributed by atoms with Crippen LogP contribution in [0, 0.1) is 0 Å². The zero-order chi connectivity index (χ0) is 13.3. The van der Waals surface area contributed by atoms with E-state index in [1.54, 1.807) is 31.2 Å². The molecule has 1 heterocycles. The minimum absolute atomic E-state index is 0.0560. The molecule has 1 aliphatic heterocycles. The Morgan fingerprint density at radius 3 is 2.33 bits per heavy atom. The highest BCUT2D eigenvalue weighted by atomic mass is 35.5. The monoisotopic (exact) mass is 266 g/mol. The van der Waals surface area contributed by atoms with Crippen molar-refractivity contribution in [1.29, 1.82) is 0 Å². The van der Waals surface area contributed by atoms with E-state index in [2.05, 4.69) is 0 Å². The average Bonchev–Trinajstić information content (AvgIpc) is 2.53. The number of halogens is 1. The van der Waals surface area contributed by atoms with Gasteiger partial charge in [-0.2, -0.15) is 0 Å². The van der Waals surface area contributed by atoms with Crippen LogP contribution in [0.2, 0.25) is 5.02 Å². The van der Waals surface area contributed by atoms with E-state index in [0.717, 1.165) is 9.80 Å². The van der Waals surface area contributed by atoms with Gasteiger partial charge in [0.1, 0.15) is 0 Å². The Hall–Kier alpha value is -1.88.